The van der Waals surface area contributed by atoms with Gasteiger partial charge in [-0.05, 0) is 35.4 Å². The highest BCUT2D eigenvalue weighted by molar-refractivity contribution is 6.11. The summed E-state index contributed by atoms with van der Waals surface area (Å²) in [7, 11) is 0. The summed E-state index contributed by atoms with van der Waals surface area (Å²) in [6.07, 6.45) is 3.45. The Morgan fingerprint density at radius 1 is 0.810 bits per heavy atom. The van der Waals surface area contributed by atoms with Crippen molar-refractivity contribution in [3.8, 4) is 17.2 Å². The lowest BCUT2D eigenvalue weighted by molar-refractivity contribution is -0.122. The summed E-state index contributed by atoms with van der Waals surface area (Å²) in [4.78, 5) is 42.7. The summed E-state index contributed by atoms with van der Waals surface area (Å²) in [6.45, 7) is 3.01. The molecule has 4 aliphatic heterocycles. The number of rotatable bonds is 4. The molecule has 0 radical (unpaired) electrons. The molecule has 4 aliphatic rings. The Hall–Kier alpha value is -5.12. The van der Waals surface area contributed by atoms with Gasteiger partial charge in [-0.25, -0.2) is 9.97 Å². The van der Waals surface area contributed by atoms with E-state index in [1.54, 1.807) is 23.4 Å². The molecule has 2 amide bonds. The summed E-state index contributed by atoms with van der Waals surface area (Å²) in [5.41, 5.74) is 2.87. The summed E-state index contributed by atoms with van der Waals surface area (Å²) in [5, 5.41) is 0. The average Bonchev–Trinajstić information content (AvgIpc) is 3.73. The molecule has 0 bridgehead atoms. The zero-order chi connectivity index (χ0) is 28.3. The highest BCUT2D eigenvalue weighted by atomic mass is 16.7. The second-order valence-corrected chi connectivity index (χ2v) is 10.8. The first kappa shape index (κ1) is 24.7. The summed E-state index contributed by atoms with van der Waals surface area (Å²) in [6, 6.07) is 20.9. The third-order valence-corrected chi connectivity index (χ3v) is 8.62. The number of amides is 2. The Morgan fingerprint density at radius 2 is 1.55 bits per heavy atom. The van der Waals surface area contributed by atoms with Crippen molar-refractivity contribution in [2.45, 2.75) is 12.0 Å². The molecule has 1 atom stereocenters. The van der Waals surface area contributed by atoms with E-state index in [1.807, 2.05) is 65.6 Å². The molecule has 8 rings (SSSR count). The molecular weight excluding hydrogens is 534 g/mol. The van der Waals surface area contributed by atoms with Crippen LogP contribution in [0.2, 0.25) is 0 Å². The van der Waals surface area contributed by atoms with Gasteiger partial charge in [0.1, 0.15) is 17.8 Å². The van der Waals surface area contributed by atoms with Crippen LogP contribution in [0.25, 0.3) is 0 Å². The molecule has 3 aromatic carbocycles. The van der Waals surface area contributed by atoms with Crippen molar-refractivity contribution in [3.63, 3.8) is 0 Å². The molecule has 1 aromatic heterocycles. The molecule has 10 heteroatoms. The molecule has 42 heavy (non-hydrogen) atoms. The van der Waals surface area contributed by atoms with Gasteiger partial charge in [0, 0.05) is 61.5 Å². The maximum Gasteiger partial charge on any atom is 0.254 e. The number of carbonyl (C=O) groups is 2. The van der Waals surface area contributed by atoms with Crippen LogP contribution in [0.1, 0.15) is 27.0 Å². The lowest BCUT2D eigenvalue weighted by Gasteiger charge is -2.35. The maximum atomic E-state index is 14.5. The predicted octanol–water partition coefficient (Wildman–Crippen LogP) is 3.39. The number of piperazine rings is 1. The van der Waals surface area contributed by atoms with Crippen molar-refractivity contribution in [1.82, 2.24) is 14.9 Å². The van der Waals surface area contributed by atoms with Gasteiger partial charge in [0.05, 0.1) is 6.54 Å². The van der Waals surface area contributed by atoms with Gasteiger partial charge in [0.2, 0.25) is 18.6 Å². The van der Waals surface area contributed by atoms with Gasteiger partial charge in [-0.2, -0.15) is 0 Å². The topological polar surface area (TPSA) is 97.3 Å². The molecule has 1 spiro atoms. The van der Waals surface area contributed by atoms with Crippen LogP contribution < -0.4 is 24.0 Å². The molecule has 1 saturated heterocycles. The minimum Gasteiger partial charge on any atom is -0.491 e. The number of aromatic nitrogens is 2. The molecule has 1 fully saturated rings. The minimum absolute atomic E-state index is 0.0452. The number of ether oxygens (including phenoxy) is 3. The fourth-order valence-corrected chi connectivity index (χ4v) is 6.49. The van der Waals surface area contributed by atoms with E-state index in [0.29, 0.717) is 54.9 Å². The van der Waals surface area contributed by atoms with Crippen molar-refractivity contribution in [2.24, 2.45) is 0 Å². The van der Waals surface area contributed by atoms with Gasteiger partial charge in [-0.1, -0.05) is 36.4 Å². The van der Waals surface area contributed by atoms with Gasteiger partial charge < -0.3 is 28.9 Å². The van der Waals surface area contributed by atoms with Crippen molar-refractivity contribution in [2.75, 3.05) is 49.4 Å². The third-order valence-electron chi connectivity index (χ3n) is 8.62. The first-order valence-corrected chi connectivity index (χ1v) is 14.0. The second kappa shape index (κ2) is 9.47. The molecule has 210 valence electrons. The Morgan fingerprint density at radius 3 is 2.38 bits per heavy atom. The fraction of sp³-hybridized carbons (Fsp3) is 0.250. The first-order valence-electron chi connectivity index (χ1n) is 14.0. The fourth-order valence-electron chi connectivity index (χ4n) is 6.49. The van der Waals surface area contributed by atoms with E-state index in [-0.39, 0.29) is 31.8 Å². The predicted molar refractivity (Wildman–Crippen MR) is 153 cm³/mol. The quantitative estimate of drug-likeness (QED) is 0.374. The molecule has 0 aliphatic carbocycles. The molecule has 0 N–H and O–H groups in total. The number of anilines is 2. The average molecular weight is 562 g/mol. The molecule has 0 saturated carbocycles. The van der Waals surface area contributed by atoms with Gasteiger partial charge in [-0.15, -0.1) is 0 Å². The Balaban J connectivity index is 1.09. The number of fused-ring (bicyclic) bond motifs is 5. The Kier molecular flexibility index (Phi) is 5.56. The van der Waals surface area contributed by atoms with Gasteiger partial charge in [0.25, 0.3) is 5.91 Å². The van der Waals surface area contributed by atoms with Crippen LogP contribution >= 0.6 is 0 Å². The number of carbonyl (C=O) groups excluding carboxylic acids is 2. The normalized spacial score (nSPS) is 20.1. The van der Waals surface area contributed by atoms with Crippen LogP contribution in [0.5, 0.6) is 17.2 Å². The van der Waals surface area contributed by atoms with E-state index in [0.717, 1.165) is 22.4 Å². The smallest absolute Gasteiger partial charge is 0.254 e. The second-order valence-electron chi connectivity index (χ2n) is 10.8. The van der Waals surface area contributed by atoms with E-state index in [9.17, 15) is 9.59 Å². The zero-order valence-electron chi connectivity index (χ0n) is 22.7. The largest absolute Gasteiger partial charge is 0.491 e. The SMILES string of the molecule is O=C(c1ccccc1CN1C(=O)C2(COc3cc4c(cc32)OCO4)c2ccccc21)N1CCN(c2ncccn2)CC1. The lowest BCUT2D eigenvalue weighted by atomic mass is 9.77. The number of benzene rings is 3. The monoisotopic (exact) mass is 561 g/mol. The standard InChI is InChI=1S/C32H27N5O5/c38-29(35-12-14-36(15-13-35)31-33-10-5-11-34-31)22-7-2-1-6-21(22)18-37-25-9-4-3-8-23(25)32(30(37)39)19-40-26-17-28-27(16-24(26)32)41-20-42-28/h1-11,16-17H,12-15,18-20H2. The van der Waals surface area contributed by atoms with E-state index in [2.05, 4.69) is 14.9 Å². The molecule has 4 aromatic rings. The van der Waals surface area contributed by atoms with Crippen LogP contribution in [0, 0.1) is 0 Å². The van der Waals surface area contributed by atoms with Crippen molar-refractivity contribution in [1.29, 1.82) is 0 Å². The van der Waals surface area contributed by atoms with E-state index in [4.69, 9.17) is 14.2 Å². The van der Waals surface area contributed by atoms with Gasteiger partial charge in [0.15, 0.2) is 11.5 Å². The van der Waals surface area contributed by atoms with E-state index < -0.39 is 5.41 Å². The Bertz CT molecular complexity index is 1720. The molecule has 1 unspecified atom stereocenters. The number of nitrogens with zero attached hydrogens (tertiary/aromatic N) is 5. The first-order chi connectivity index (χ1) is 20.6. The lowest BCUT2D eigenvalue weighted by Crippen LogP contribution is -2.49. The van der Waals surface area contributed by atoms with Crippen LogP contribution in [0.15, 0.2) is 79.1 Å². The summed E-state index contributed by atoms with van der Waals surface area (Å²) < 4.78 is 17.3. The number of hydrogen-bond acceptors (Lipinski definition) is 8. The van der Waals surface area contributed by atoms with Crippen LogP contribution in [0.4, 0.5) is 11.6 Å². The number of para-hydroxylation sites is 1. The molecule has 5 heterocycles. The maximum absolute atomic E-state index is 14.5. The van der Waals surface area contributed by atoms with Gasteiger partial charge >= 0.3 is 0 Å². The zero-order valence-corrected chi connectivity index (χ0v) is 22.7. The third kappa shape index (κ3) is 3.64. The van der Waals surface area contributed by atoms with Crippen LogP contribution in [-0.4, -0.2) is 66.3 Å². The number of hydrogen-bond donors (Lipinski definition) is 0. The van der Waals surface area contributed by atoms with Crippen molar-refractivity contribution in [3.05, 3.63) is 101 Å². The van der Waals surface area contributed by atoms with Crippen molar-refractivity contribution >= 4 is 23.5 Å². The highest BCUT2D eigenvalue weighted by Crippen LogP contribution is 2.55. The van der Waals surface area contributed by atoms with Crippen LogP contribution in [0.3, 0.4) is 0 Å². The Labute approximate surface area is 242 Å². The van der Waals surface area contributed by atoms with E-state index >= 15 is 0 Å². The minimum atomic E-state index is -0.998. The van der Waals surface area contributed by atoms with Crippen molar-refractivity contribution < 1.29 is 23.8 Å². The molecule has 10 nitrogen and oxygen atoms in total. The summed E-state index contributed by atoms with van der Waals surface area (Å²) in [5.74, 6) is 2.39. The van der Waals surface area contributed by atoms with Crippen LogP contribution in [-0.2, 0) is 16.8 Å². The molecular formula is C32H27N5O5. The van der Waals surface area contributed by atoms with E-state index in [1.165, 1.54) is 0 Å². The highest BCUT2D eigenvalue weighted by Gasteiger charge is 2.57. The van der Waals surface area contributed by atoms with Gasteiger partial charge in [-0.3, -0.25) is 9.59 Å². The summed E-state index contributed by atoms with van der Waals surface area (Å²) >= 11 is 0.